The quantitative estimate of drug-likeness (QED) is 0.830. The molecule has 17 heavy (non-hydrogen) atoms. The van der Waals surface area contributed by atoms with Crippen molar-refractivity contribution < 1.29 is 15.0 Å². The minimum absolute atomic E-state index is 0.0784. The number of carboxylic acids is 1. The van der Waals surface area contributed by atoms with Gasteiger partial charge in [0.25, 0.3) is 0 Å². The molecular formula is C12H18N2O3. The van der Waals surface area contributed by atoms with Crippen LogP contribution in [0.1, 0.15) is 43.8 Å². The second-order valence-corrected chi connectivity index (χ2v) is 4.64. The van der Waals surface area contributed by atoms with E-state index in [4.69, 9.17) is 5.11 Å². The molecular weight excluding hydrogens is 220 g/mol. The van der Waals surface area contributed by atoms with Gasteiger partial charge in [0, 0.05) is 12.6 Å². The van der Waals surface area contributed by atoms with E-state index >= 15 is 0 Å². The highest BCUT2D eigenvalue weighted by atomic mass is 16.4. The fraction of sp³-hybridized carbons (Fsp3) is 0.667. The Balaban J connectivity index is 1.97. The minimum Gasteiger partial charge on any atom is -0.479 e. The molecule has 5 heteroatoms. The van der Waals surface area contributed by atoms with Crippen LogP contribution in [-0.2, 0) is 11.2 Å². The molecule has 1 saturated carbocycles. The van der Waals surface area contributed by atoms with E-state index in [-0.39, 0.29) is 6.42 Å². The van der Waals surface area contributed by atoms with Crippen molar-refractivity contribution in [1.29, 1.82) is 0 Å². The second-order valence-electron chi connectivity index (χ2n) is 4.64. The van der Waals surface area contributed by atoms with Crippen LogP contribution < -0.4 is 0 Å². The van der Waals surface area contributed by atoms with Crippen LogP contribution in [-0.4, -0.2) is 32.1 Å². The molecule has 0 saturated heterocycles. The first-order valence-electron chi connectivity index (χ1n) is 6.11. The van der Waals surface area contributed by atoms with Crippen molar-refractivity contribution in [3.8, 4) is 0 Å². The maximum absolute atomic E-state index is 10.5. The zero-order valence-corrected chi connectivity index (χ0v) is 9.75. The molecule has 0 amide bonds. The molecule has 5 nitrogen and oxygen atoms in total. The van der Waals surface area contributed by atoms with Gasteiger partial charge in [-0.3, -0.25) is 4.68 Å². The number of aliphatic carboxylic acids is 1. The van der Waals surface area contributed by atoms with Gasteiger partial charge in [-0.05, 0) is 18.9 Å². The number of carboxylic acid groups (broad SMARTS) is 1. The first-order chi connectivity index (χ1) is 8.16. The zero-order chi connectivity index (χ0) is 12.3. The molecule has 1 atom stereocenters. The van der Waals surface area contributed by atoms with Gasteiger partial charge in [0.1, 0.15) is 0 Å². The Morgan fingerprint density at radius 3 is 2.82 bits per heavy atom. The van der Waals surface area contributed by atoms with E-state index in [1.807, 2.05) is 10.9 Å². The average Bonchev–Trinajstić information content (AvgIpc) is 2.78. The number of hydrogen-bond donors (Lipinski definition) is 2. The fourth-order valence-electron chi connectivity index (χ4n) is 2.32. The Morgan fingerprint density at radius 1 is 1.47 bits per heavy atom. The predicted octanol–water partition coefficient (Wildman–Crippen LogP) is 1.38. The van der Waals surface area contributed by atoms with Gasteiger partial charge in [-0.15, -0.1) is 0 Å². The lowest BCUT2D eigenvalue weighted by molar-refractivity contribution is -0.146. The van der Waals surface area contributed by atoms with Crippen LogP contribution >= 0.6 is 0 Å². The first-order valence-corrected chi connectivity index (χ1v) is 6.11. The molecule has 2 N–H and O–H groups in total. The summed E-state index contributed by atoms with van der Waals surface area (Å²) in [6, 6.07) is 2.24. The maximum Gasteiger partial charge on any atom is 0.332 e. The molecule has 1 heterocycles. The molecule has 1 unspecified atom stereocenters. The van der Waals surface area contributed by atoms with Crippen LogP contribution in [0.15, 0.2) is 12.3 Å². The van der Waals surface area contributed by atoms with Crippen molar-refractivity contribution in [1.82, 2.24) is 9.78 Å². The van der Waals surface area contributed by atoms with E-state index in [9.17, 15) is 9.90 Å². The van der Waals surface area contributed by atoms with Gasteiger partial charge in [-0.25, -0.2) is 4.79 Å². The molecule has 0 bridgehead atoms. The van der Waals surface area contributed by atoms with Crippen molar-refractivity contribution in [2.24, 2.45) is 0 Å². The van der Waals surface area contributed by atoms with Crippen LogP contribution in [0.4, 0.5) is 0 Å². The minimum atomic E-state index is -1.36. The number of aliphatic hydroxyl groups excluding tert-OH is 1. The summed E-state index contributed by atoms with van der Waals surface area (Å²) in [7, 11) is 0. The molecule has 1 aliphatic carbocycles. The summed E-state index contributed by atoms with van der Waals surface area (Å²) in [5.74, 6) is -1.20. The third kappa shape index (κ3) is 3.06. The van der Waals surface area contributed by atoms with Crippen LogP contribution in [0.3, 0.4) is 0 Å². The summed E-state index contributed by atoms with van der Waals surface area (Å²) in [6.45, 7) is 0. The van der Waals surface area contributed by atoms with Gasteiger partial charge in [0.2, 0.25) is 0 Å². The zero-order valence-electron chi connectivity index (χ0n) is 9.75. The Labute approximate surface area is 100 Å². The van der Waals surface area contributed by atoms with E-state index in [0.717, 1.165) is 12.8 Å². The lowest BCUT2D eigenvalue weighted by Crippen LogP contribution is -2.22. The normalized spacial score (nSPS) is 19.1. The Bertz CT molecular complexity index is 383. The number of aliphatic hydroxyl groups is 1. The number of aromatic nitrogens is 2. The van der Waals surface area contributed by atoms with Crippen molar-refractivity contribution in [2.45, 2.75) is 50.7 Å². The van der Waals surface area contributed by atoms with Gasteiger partial charge in [-0.2, -0.15) is 5.10 Å². The molecule has 1 aliphatic rings. The standard InChI is InChI=1S/C12H18N2O3/c15-11(12(16)17)8-9-6-7-14(13-9)10-4-2-1-3-5-10/h6-7,10-11,15H,1-5,8H2,(H,16,17). The smallest absolute Gasteiger partial charge is 0.332 e. The van der Waals surface area contributed by atoms with Crippen LogP contribution in [0.2, 0.25) is 0 Å². The number of carbonyl (C=O) groups is 1. The molecule has 1 aromatic rings. The summed E-state index contributed by atoms with van der Waals surface area (Å²) in [5.41, 5.74) is 0.644. The van der Waals surface area contributed by atoms with E-state index in [0.29, 0.717) is 11.7 Å². The van der Waals surface area contributed by atoms with Crippen molar-refractivity contribution >= 4 is 5.97 Å². The molecule has 0 radical (unpaired) electrons. The van der Waals surface area contributed by atoms with E-state index in [1.165, 1.54) is 19.3 Å². The second kappa shape index (κ2) is 5.31. The molecule has 0 aromatic carbocycles. The fourth-order valence-corrected chi connectivity index (χ4v) is 2.32. The Hall–Kier alpha value is -1.36. The summed E-state index contributed by atoms with van der Waals surface area (Å²) in [5, 5.41) is 22.2. The highest BCUT2D eigenvalue weighted by Crippen LogP contribution is 2.27. The SMILES string of the molecule is O=C(O)C(O)Cc1ccn(C2CCCCC2)n1. The first kappa shape index (κ1) is 12.1. The highest BCUT2D eigenvalue weighted by molar-refractivity contribution is 5.72. The third-order valence-corrected chi connectivity index (χ3v) is 3.30. The summed E-state index contributed by atoms with van der Waals surface area (Å²) >= 11 is 0. The predicted molar refractivity (Wildman–Crippen MR) is 61.7 cm³/mol. The van der Waals surface area contributed by atoms with E-state index < -0.39 is 12.1 Å². The Kier molecular flexibility index (Phi) is 3.78. The molecule has 0 aliphatic heterocycles. The van der Waals surface area contributed by atoms with Gasteiger partial charge in [0.05, 0.1) is 11.7 Å². The molecule has 1 fully saturated rings. The maximum atomic E-state index is 10.5. The van der Waals surface area contributed by atoms with Gasteiger partial charge in [0.15, 0.2) is 6.10 Å². The molecule has 94 valence electrons. The van der Waals surface area contributed by atoms with Crippen LogP contribution in [0, 0.1) is 0 Å². The van der Waals surface area contributed by atoms with Crippen LogP contribution in [0.25, 0.3) is 0 Å². The van der Waals surface area contributed by atoms with Gasteiger partial charge in [-0.1, -0.05) is 19.3 Å². The molecule has 0 spiro atoms. The number of hydrogen-bond acceptors (Lipinski definition) is 3. The van der Waals surface area contributed by atoms with Gasteiger partial charge >= 0.3 is 5.97 Å². The summed E-state index contributed by atoms with van der Waals surface area (Å²) < 4.78 is 1.92. The van der Waals surface area contributed by atoms with Crippen molar-refractivity contribution in [2.75, 3.05) is 0 Å². The lowest BCUT2D eigenvalue weighted by Gasteiger charge is -2.21. The number of rotatable bonds is 4. The van der Waals surface area contributed by atoms with Crippen molar-refractivity contribution in [3.05, 3.63) is 18.0 Å². The lowest BCUT2D eigenvalue weighted by atomic mass is 9.96. The molecule has 2 rings (SSSR count). The topological polar surface area (TPSA) is 75.3 Å². The summed E-state index contributed by atoms with van der Waals surface area (Å²) in [6.07, 6.45) is 6.65. The van der Waals surface area contributed by atoms with Gasteiger partial charge < -0.3 is 10.2 Å². The van der Waals surface area contributed by atoms with Crippen LogP contribution in [0.5, 0.6) is 0 Å². The van der Waals surface area contributed by atoms with E-state index in [1.54, 1.807) is 6.07 Å². The monoisotopic (exact) mass is 238 g/mol. The highest BCUT2D eigenvalue weighted by Gasteiger charge is 2.18. The average molecular weight is 238 g/mol. The molecule has 1 aromatic heterocycles. The van der Waals surface area contributed by atoms with Crippen molar-refractivity contribution in [3.63, 3.8) is 0 Å². The van der Waals surface area contributed by atoms with E-state index in [2.05, 4.69) is 5.10 Å². The Morgan fingerprint density at radius 2 is 2.18 bits per heavy atom. The third-order valence-electron chi connectivity index (χ3n) is 3.30. The number of nitrogens with zero attached hydrogens (tertiary/aromatic N) is 2. The largest absolute Gasteiger partial charge is 0.479 e. The summed E-state index contributed by atoms with van der Waals surface area (Å²) in [4.78, 5) is 10.5.